The molecule has 122 valence electrons. The minimum absolute atomic E-state index is 0.446. The number of carbonyl (C=O) groups excluding carboxylic acids is 1. The van der Waals surface area contributed by atoms with E-state index in [1.165, 1.54) is 0 Å². The Labute approximate surface area is 128 Å². The first-order chi connectivity index (χ1) is 10.4. The fourth-order valence-electron chi connectivity index (χ4n) is 2.11. The molecule has 1 atom stereocenters. The van der Waals surface area contributed by atoms with Gasteiger partial charge in [-0.1, -0.05) is 0 Å². The second kappa shape index (κ2) is 7.02. The summed E-state index contributed by atoms with van der Waals surface area (Å²) >= 11 is 0. The van der Waals surface area contributed by atoms with E-state index < -0.39 is 30.8 Å². The molecule has 0 aromatic heterocycles. The standard InChI is InChI=1S/C15H21F2N3O2/c1-20(2)7-8-22-12-5-3-11(4-6-12)19-14(21)13-9-15(16,17)10-18-13/h3-6,13,18H,7-10H2,1-2H3,(H,19,21). The van der Waals surface area contributed by atoms with Gasteiger partial charge < -0.3 is 15.0 Å². The van der Waals surface area contributed by atoms with Crippen LogP contribution in [0.4, 0.5) is 14.5 Å². The van der Waals surface area contributed by atoms with Crippen molar-refractivity contribution in [3.05, 3.63) is 24.3 Å². The third kappa shape index (κ3) is 4.92. The van der Waals surface area contributed by atoms with Gasteiger partial charge in [-0.3, -0.25) is 10.1 Å². The van der Waals surface area contributed by atoms with Crippen LogP contribution in [0.25, 0.3) is 0 Å². The van der Waals surface area contributed by atoms with Crippen LogP contribution in [-0.2, 0) is 4.79 Å². The summed E-state index contributed by atoms with van der Waals surface area (Å²) in [5.41, 5.74) is 0.557. The van der Waals surface area contributed by atoms with Crippen LogP contribution in [-0.4, -0.2) is 56.6 Å². The number of nitrogens with one attached hydrogen (secondary N) is 2. The summed E-state index contributed by atoms with van der Waals surface area (Å²) in [7, 11) is 3.92. The highest BCUT2D eigenvalue weighted by molar-refractivity contribution is 5.95. The average molecular weight is 313 g/mol. The van der Waals surface area contributed by atoms with E-state index in [1.54, 1.807) is 24.3 Å². The van der Waals surface area contributed by atoms with Crippen molar-refractivity contribution in [3.8, 4) is 5.75 Å². The lowest BCUT2D eigenvalue weighted by molar-refractivity contribution is -0.118. The lowest BCUT2D eigenvalue weighted by atomic mass is 10.2. The molecule has 1 unspecified atom stereocenters. The van der Waals surface area contributed by atoms with Gasteiger partial charge in [-0.05, 0) is 38.4 Å². The molecule has 1 amide bonds. The Hall–Kier alpha value is -1.73. The van der Waals surface area contributed by atoms with Crippen molar-refractivity contribution in [3.63, 3.8) is 0 Å². The summed E-state index contributed by atoms with van der Waals surface area (Å²) < 4.78 is 31.7. The zero-order chi connectivity index (χ0) is 16.2. The molecule has 22 heavy (non-hydrogen) atoms. The zero-order valence-electron chi connectivity index (χ0n) is 12.7. The Bertz CT molecular complexity index is 506. The molecule has 0 radical (unpaired) electrons. The summed E-state index contributed by atoms with van der Waals surface area (Å²) in [6.45, 7) is 0.920. The maximum absolute atomic E-state index is 13.1. The number of amides is 1. The van der Waals surface area contributed by atoms with E-state index in [2.05, 4.69) is 10.6 Å². The number of likely N-dealkylation sites (N-methyl/N-ethyl adjacent to an activating group) is 1. The largest absolute Gasteiger partial charge is 0.492 e. The molecule has 0 aliphatic carbocycles. The molecule has 0 spiro atoms. The lowest BCUT2D eigenvalue weighted by Gasteiger charge is -2.13. The number of rotatable bonds is 6. The fourth-order valence-corrected chi connectivity index (χ4v) is 2.11. The molecule has 2 N–H and O–H groups in total. The summed E-state index contributed by atoms with van der Waals surface area (Å²) in [5.74, 6) is -2.56. The molecule has 1 aliphatic rings. The van der Waals surface area contributed by atoms with Crippen LogP contribution < -0.4 is 15.4 Å². The molecule has 0 bridgehead atoms. The van der Waals surface area contributed by atoms with Crippen molar-refractivity contribution >= 4 is 11.6 Å². The molecule has 5 nitrogen and oxygen atoms in total. The lowest BCUT2D eigenvalue weighted by Crippen LogP contribution is -2.35. The zero-order valence-corrected chi connectivity index (χ0v) is 12.7. The van der Waals surface area contributed by atoms with E-state index in [4.69, 9.17) is 4.74 Å². The van der Waals surface area contributed by atoms with Crippen LogP contribution in [0.1, 0.15) is 6.42 Å². The summed E-state index contributed by atoms with van der Waals surface area (Å²) in [5, 5.41) is 5.15. The minimum Gasteiger partial charge on any atom is -0.492 e. The number of hydrogen-bond donors (Lipinski definition) is 2. The van der Waals surface area contributed by atoms with Crippen LogP contribution in [0.15, 0.2) is 24.3 Å². The van der Waals surface area contributed by atoms with Crippen LogP contribution in [0, 0.1) is 0 Å². The number of ether oxygens (including phenoxy) is 1. The number of carbonyl (C=O) groups is 1. The molecule has 1 heterocycles. The van der Waals surface area contributed by atoms with Crippen LogP contribution in [0.5, 0.6) is 5.75 Å². The Morgan fingerprint density at radius 3 is 2.64 bits per heavy atom. The van der Waals surface area contributed by atoms with Gasteiger partial charge in [0, 0.05) is 18.7 Å². The summed E-state index contributed by atoms with van der Waals surface area (Å²) in [4.78, 5) is 13.9. The maximum Gasteiger partial charge on any atom is 0.262 e. The van der Waals surface area contributed by atoms with Crippen molar-refractivity contribution in [2.45, 2.75) is 18.4 Å². The van der Waals surface area contributed by atoms with Gasteiger partial charge in [0.05, 0.1) is 12.6 Å². The molecule has 1 aliphatic heterocycles. The number of hydrogen-bond acceptors (Lipinski definition) is 4. The highest BCUT2D eigenvalue weighted by atomic mass is 19.3. The Morgan fingerprint density at radius 2 is 2.09 bits per heavy atom. The normalized spacial score (nSPS) is 20.1. The molecule has 1 aromatic carbocycles. The number of alkyl halides is 2. The smallest absolute Gasteiger partial charge is 0.262 e. The van der Waals surface area contributed by atoms with Crippen molar-refractivity contribution < 1.29 is 18.3 Å². The minimum atomic E-state index is -2.81. The number of benzene rings is 1. The molecule has 1 fully saturated rings. The molecule has 2 rings (SSSR count). The Balaban J connectivity index is 1.82. The van der Waals surface area contributed by atoms with Gasteiger partial charge in [-0.2, -0.15) is 0 Å². The monoisotopic (exact) mass is 313 g/mol. The van der Waals surface area contributed by atoms with E-state index in [9.17, 15) is 13.6 Å². The predicted octanol–water partition coefficient (Wildman–Crippen LogP) is 1.56. The van der Waals surface area contributed by atoms with Gasteiger partial charge in [0.15, 0.2) is 0 Å². The summed E-state index contributed by atoms with van der Waals surface area (Å²) in [6, 6.07) is 6.00. The van der Waals surface area contributed by atoms with E-state index in [-0.39, 0.29) is 0 Å². The van der Waals surface area contributed by atoms with Crippen LogP contribution >= 0.6 is 0 Å². The van der Waals surface area contributed by atoms with E-state index in [1.807, 2.05) is 19.0 Å². The quantitative estimate of drug-likeness (QED) is 0.837. The van der Waals surface area contributed by atoms with Gasteiger partial charge in [-0.25, -0.2) is 8.78 Å². The van der Waals surface area contributed by atoms with Gasteiger partial charge in [-0.15, -0.1) is 0 Å². The molecule has 1 aromatic rings. The Kier molecular flexibility index (Phi) is 5.31. The third-order valence-corrected chi connectivity index (χ3v) is 3.36. The summed E-state index contributed by atoms with van der Waals surface area (Å²) in [6.07, 6.45) is -0.468. The number of halogens is 2. The van der Waals surface area contributed by atoms with Crippen molar-refractivity contribution in [1.29, 1.82) is 0 Å². The van der Waals surface area contributed by atoms with Crippen molar-refractivity contribution in [2.24, 2.45) is 0 Å². The van der Waals surface area contributed by atoms with E-state index >= 15 is 0 Å². The molecular weight excluding hydrogens is 292 g/mol. The highest BCUT2D eigenvalue weighted by Crippen LogP contribution is 2.26. The first-order valence-corrected chi connectivity index (χ1v) is 7.15. The third-order valence-electron chi connectivity index (χ3n) is 3.36. The predicted molar refractivity (Wildman–Crippen MR) is 80.5 cm³/mol. The van der Waals surface area contributed by atoms with E-state index in [0.717, 1.165) is 6.54 Å². The van der Waals surface area contributed by atoms with E-state index in [0.29, 0.717) is 18.0 Å². The first-order valence-electron chi connectivity index (χ1n) is 7.15. The molecule has 1 saturated heterocycles. The van der Waals surface area contributed by atoms with Gasteiger partial charge in [0.25, 0.3) is 5.92 Å². The molecule has 0 saturated carbocycles. The SMILES string of the molecule is CN(C)CCOc1ccc(NC(=O)C2CC(F)(F)CN2)cc1. The van der Waals surface area contributed by atoms with Crippen LogP contribution in [0.3, 0.4) is 0 Å². The van der Waals surface area contributed by atoms with Crippen LogP contribution in [0.2, 0.25) is 0 Å². The van der Waals surface area contributed by atoms with Gasteiger partial charge >= 0.3 is 0 Å². The first kappa shape index (κ1) is 16.6. The van der Waals surface area contributed by atoms with Gasteiger partial charge in [0.2, 0.25) is 5.91 Å². The maximum atomic E-state index is 13.1. The van der Waals surface area contributed by atoms with Crippen molar-refractivity contribution in [1.82, 2.24) is 10.2 Å². The highest BCUT2D eigenvalue weighted by Gasteiger charge is 2.42. The fraction of sp³-hybridized carbons (Fsp3) is 0.533. The second-order valence-corrected chi connectivity index (χ2v) is 5.66. The van der Waals surface area contributed by atoms with Crippen molar-refractivity contribution in [2.75, 3.05) is 39.1 Å². The topological polar surface area (TPSA) is 53.6 Å². The molecular formula is C15H21F2N3O2. The molecule has 7 heteroatoms. The Morgan fingerprint density at radius 1 is 1.41 bits per heavy atom. The average Bonchev–Trinajstić information content (AvgIpc) is 2.81. The number of nitrogens with zero attached hydrogens (tertiary/aromatic N) is 1. The van der Waals surface area contributed by atoms with Gasteiger partial charge in [0.1, 0.15) is 12.4 Å². The second-order valence-electron chi connectivity index (χ2n) is 5.66. The number of anilines is 1.